The first-order valence-corrected chi connectivity index (χ1v) is 8.04. The van der Waals surface area contributed by atoms with Gasteiger partial charge in [0.05, 0.1) is 10.9 Å². The summed E-state index contributed by atoms with van der Waals surface area (Å²) in [5, 5.41) is 1.08. The highest BCUT2D eigenvalue weighted by Crippen LogP contribution is 2.15. The number of hydrogen-bond donors (Lipinski definition) is 1. The number of carbonyl (C=O) groups excluding carboxylic acids is 1. The number of hydrogen-bond acceptors (Lipinski definition) is 4. The highest BCUT2D eigenvalue weighted by atomic mass is 35.5. The van der Waals surface area contributed by atoms with Crippen molar-refractivity contribution in [2.75, 3.05) is 0 Å². The van der Waals surface area contributed by atoms with Gasteiger partial charge in [0.2, 0.25) is 0 Å². The van der Waals surface area contributed by atoms with Gasteiger partial charge in [-0.1, -0.05) is 35.9 Å². The standard InChI is InChI=1S/C19H15ClN2O3/c1-12(18-21-16-8-3-2-7-15(16)19(24)22-18)25-17(23)10-9-13-5-4-6-14(20)11-13/h2-12H,1H3,(H,21,22,24)/b10-9+/t12-/m1/s1. The van der Waals surface area contributed by atoms with Gasteiger partial charge in [0.15, 0.2) is 11.9 Å². The van der Waals surface area contributed by atoms with Gasteiger partial charge in [0.25, 0.3) is 5.56 Å². The van der Waals surface area contributed by atoms with E-state index in [0.29, 0.717) is 21.7 Å². The number of esters is 1. The molecule has 5 nitrogen and oxygen atoms in total. The second-order valence-corrected chi connectivity index (χ2v) is 5.87. The quantitative estimate of drug-likeness (QED) is 0.569. The maximum atomic E-state index is 12.1. The van der Waals surface area contributed by atoms with Crippen LogP contribution >= 0.6 is 11.6 Å². The Labute approximate surface area is 148 Å². The lowest BCUT2D eigenvalue weighted by Crippen LogP contribution is -2.16. The molecule has 2 aromatic carbocycles. The minimum Gasteiger partial charge on any atom is -0.451 e. The molecule has 0 amide bonds. The van der Waals surface area contributed by atoms with E-state index in [-0.39, 0.29) is 5.56 Å². The first-order valence-electron chi connectivity index (χ1n) is 7.66. The predicted octanol–water partition coefficient (Wildman–Crippen LogP) is 3.89. The van der Waals surface area contributed by atoms with Gasteiger partial charge >= 0.3 is 5.97 Å². The summed E-state index contributed by atoms with van der Waals surface area (Å²) >= 11 is 5.89. The Bertz CT molecular complexity index is 1010. The number of ether oxygens (including phenoxy) is 1. The topological polar surface area (TPSA) is 72.0 Å². The average molecular weight is 355 g/mol. The van der Waals surface area contributed by atoms with Crippen LogP contribution in [0.4, 0.5) is 0 Å². The van der Waals surface area contributed by atoms with Crippen LogP contribution in [0, 0.1) is 0 Å². The number of para-hydroxylation sites is 1. The number of fused-ring (bicyclic) bond motifs is 1. The van der Waals surface area contributed by atoms with Crippen molar-refractivity contribution in [2.24, 2.45) is 0 Å². The molecule has 1 N–H and O–H groups in total. The number of benzene rings is 2. The lowest BCUT2D eigenvalue weighted by molar-refractivity contribution is -0.142. The van der Waals surface area contributed by atoms with E-state index in [1.165, 1.54) is 6.08 Å². The third-order valence-corrected chi connectivity index (χ3v) is 3.80. The molecule has 0 fully saturated rings. The number of aromatic nitrogens is 2. The molecule has 0 unspecified atom stereocenters. The van der Waals surface area contributed by atoms with Gasteiger partial charge in [0.1, 0.15) is 0 Å². The molecule has 0 aliphatic rings. The van der Waals surface area contributed by atoms with E-state index < -0.39 is 12.1 Å². The van der Waals surface area contributed by atoms with Crippen LogP contribution in [-0.4, -0.2) is 15.9 Å². The summed E-state index contributed by atoms with van der Waals surface area (Å²) in [6.07, 6.45) is 2.23. The molecule has 0 saturated heterocycles. The van der Waals surface area contributed by atoms with Crippen molar-refractivity contribution in [1.29, 1.82) is 0 Å². The van der Waals surface area contributed by atoms with Crippen LogP contribution in [0.5, 0.6) is 0 Å². The number of carbonyl (C=O) groups is 1. The van der Waals surface area contributed by atoms with E-state index in [1.54, 1.807) is 55.5 Å². The zero-order valence-electron chi connectivity index (χ0n) is 13.4. The minimum absolute atomic E-state index is 0.266. The molecule has 1 heterocycles. The van der Waals surface area contributed by atoms with Gasteiger partial charge in [-0.2, -0.15) is 0 Å². The second-order valence-electron chi connectivity index (χ2n) is 5.44. The van der Waals surface area contributed by atoms with Crippen molar-refractivity contribution in [3.8, 4) is 0 Å². The molecule has 0 saturated carbocycles. The third kappa shape index (κ3) is 4.14. The number of nitrogens with one attached hydrogen (secondary N) is 1. The smallest absolute Gasteiger partial charge is 0.331 e. The Hall–Kier alpha value is -2.92. The molecule has 25 heavy (non-hydrogen) atoms. The molecule has 0 aliphatic heterocycles. The average Bonchev–Trinajstić information content (AvgIpc) is 2.60. The van der Waals surface area contributed by atoms with E-state index in [1.807, 2.05) is 6.07 Å². The van der Waals surface area contributed by atoms with Gasteiger partial charge < -0.3 is 9.72 Å². The normalized spacial score (nSPS) is 12.4. The van der Waals surface area contributed by atoms with Crippen molar-refractivity contribution >= 4 is 34.5 Å². The molecule has 0 aliphatic carbocycles. The molecule has 3 aromatic rings. The highest BCUT2D eigenvalue weighted by Gasteiger charge is 2.14. The van der Waals surface area contributed by atoms with Crippen LogP contribution in [-0.2, 0) is 9.53 Å². The maximum Gasteiger partial charge on any atom is 0.331 e. The number of aromatic amines is 1. The first-order chi connectivity index (χ1) is 12.0. The maximum absolute atomic E-state index is 12.1. The fourth-order valence-corrected chi connectivity index (χ4v) is 2.54. The number of H-pyrrole nitrogens is 1. The predicted molar refractivity (Wildman–Crippen MR) is 97.4 cm³/mol. The Morgan fingerprint density at radius 1 is 1.24 bits per heavy atom. The van der Waals surface area contributed by atoms with Crippen LogP contribution in [0.15, 0.2) is 59.4 Å². The molecular weight excluding hydrogens is 340 g/mol. The van der Waals surface area contributed by atoms with Gasteiger partial charge in [-0.15, -0.1) is 0 Å². The Morgan fingerprint density at radius 2 is 2.04 bits per heavy atom. The molecule has 6 heteroatoms. The van der Waals surface area contributed by atoms with Gasteiger partial charge in [-0.05, 0) is 42.8 Å². The summed E-state index contributed by atoms with van der Waals surface area (Å²) in [5.41, 5.74) is 1.07. The van der Waals surface area contributed by atoms with E-state index in [0.717, 1.165) is 5.56 Å². The molecule has 1 aromatic heterocycles. The van der Waals surface area contributed by atoms with Gasteiger partial charge in [0, 0.05) is 11.1 Å². The van der Waals surface area contributed by atoms with Crippen molar-refractivity contribution in [3.63, 3.8) is 0 Å². The Balaban J connectivity index is 1.74. The number of halogens is 1. The van der Waals surface area contributed by atoms with Crippen LogP contribution in [0.3, 0.4) is 0 Å². The van der Waals surface area contributed by atoms with Crippen LogP contribution < -0.4 is 5.56 Å². The summed E-state index contributed by atoms with van der Waals surface area (Å²) < 4.78 is 5.30. The Kier molecular flexibility index (Phi) is 4.95. The summed E-state index contributed by atoms with van der Waals surface area (Å²) in [6.45, 7) is 1.65. The monoisotopic (exact) mass is 354 g/mol. The minimum atomic E-state index is -0.686. The zero-order chi connectivity index (χ0) is 17.8. The summed E-state index contributed by atoms with van der Waals surface area (Å²) in [4.78, 5) is 31.0. The van der Waals surface area contributed by atoms with E-state index in [2.05, 4.69) is 9.97 Å². The molecule has 0 bridgehead atoms. The molecular formula is C19H15ClN2O3. The molecule has 1 atom stereocenters. The van der Waals surface area contributed by atoms with Gasteiger partial charge in [-0.25, -0.2) is 9.78 Å². The zero-order valence-corrected chi connectivity index (χ0v) is 14.2. The number of nitrogens with zero attached hydrogens (tertiary/aromatic N) is 1. The van der Waals surface area contributed by atoms with Gasteiger partial charge in [-0.3, -0.25) is 4.79 Å². The molecule has 0 spiro atoms. The first kappa shape index (κ1) is 16.9. The van der Waals surface area contributed by atoms with E-state index >= 15 is 0 Å². The lowest BCUT2D eigenvalue weighted by Gasteiger charge is -2.11. The molecule has 126 valence electrons. The van der Waals surface area contributed by atoms with Crippen molar-refractivity contribution < 1.29 is 9.53 Å². The van der Waals surface area contributed by atoms with Crippen molar-refractivity contribution in [3.05, 3.63) is 81.4 Å². The van der Waals surface area contributed by atoms with Crippen LogP contribution in [0.1, 0.15) is 24.4 Å². The van der Waals surface area contributed by atoms with E-state index in [4.69, 9.17) is 16.3 Å². The second kappa shape index (κ2) is 7.32. The van der Waals surface area contributed by atoms with Crippen LogP contribution in [0.25, 0.3) is 17.0 Å². The number of rotatable bonds is 4. The fraction of sp³-hybridized carbons (Fsp3) is 0.105. The van der Waals surface area contributed by atoms with Crippen molar-refractivity contribution in [2.45, 2.75) is 13.0 Å². The Morgan fingerprint density at radius 3 is 2.84 bits per heavy atom. The SMILES string of the molecule is C[C@@H](OC(=O)/C=C/c1cccc(Cl)c1)c1nc2ccccc2c(=O)[nH]1. The van der Waals surface area contributed by atoms with Crippen LogP contribution in [0.2, 0.25) is 5.02 Å². The fourth-order valence-electron chi connectivity index (χ4n) is 2.34. The highest BCUT2D eigenvalue weighted by molar-refractivity contribution is 6.30. The summed E-state index contributed by atoms with van der Waals surface area (Å²) in [6, 6.07) is 14.1. The molecule has 3 rings (SSSR count). The summed E-state index contributed by atoms with van der Waals surface area (Å²) in [7, 11) is 0. The lowest BCUT2D eigenvalue weighted by atomic mass is 10.2. The van der Waals surface area contributed by atoms with E-state index in [9.17, 15) is 9.59 Å². The third-order valence-electron chi connectivity index (χ3n) is 3.57. The molecule has 0 radical (unpaired) electrons. The van der Waals surface area contributed by atoms with Crippen molar-refractivity contribution in [1.82, 2.24) is 9.97 Å². The largest absolute Gasteiger partial charge is 0.451 e. The summed E-state index contributed by atoms with van der Waals surface area (Å²) in [5.74, 6) is -0.239.